The molecule has 134 valence electrons. The molecule has 0 saturated carbocycles. The highest BCUT2D eigenvalue weighted by Crippen LogP contribution is 2.24. The summed E-state index contributed by atoms with van der Waals surface area (Å²) < 4.78 is 1.75. The van der Waals surface area contributed by atoms with Crippen LogP contribution in [0.25, 0.3) is 23.2 Å². The van der Waals surface area contributed by atoms with Gasteiger partial charge in [-0.05, 0) is 42.0 Å². The zero-order valence-corrected chi connectivity index (χ0v) is 16.6. The molecule has 0 aliphatic rings. The van der Waals surface area contributed by atoms with Crippen LogP contribution < -0.4 is 10.1 Å². The topological polar surface area (TPSA) is 47.3 Å². The van der Waals surface area contributed by atoms with E-state index in [1.165, 1.54) is 15.9 Å². The van der Waals surface area contributed by atoms with Crippen molar-refractivity contribution in [3.05, 3.63) is 89.4 Å². The van der Waals surface area contributed by atoms with Gasteiger partial charge in [-0.15, -0.1) is 5.10 Å². The number of aromatic nitrogens is 3. The molecule has 0 spiro atoms. The van der Waals surface area contributed by atoms with Crippen LogP contribution in [0.1, 0.15) is 17.0 Å². The summed E-state index contributed by atoms with van der Waals surface area (Å²) in [5.74, 6) is 0.454. The number of fused-ring (bicyclic) bond motifs is 1. The van der Waals surface area contributed by atoms with E-state index in [2.05, 4.69) is 10.1 Å². The summed E-state index contributed by atoms with van der Waals surface area (Å²) in [4.78, 5) is 17.5. The van der Waals surface area contributed by atoms with E-state index in [1.807, 2.05) is 18.2 Å². The molecule has 0 atom stereocenters. The zero-order valence-electron chi connectivity index (χ0n) is 13.6. The summed E-state index contributed by atoms with van der Waals surface area (Å²) in [6, 6.07) is 12.6. The first-order chi connectivity index (χ1) is 13.0. The quantitative estimate of drug-likeness (QED) is 0.464. The zero-order chi connectivity index (χ0) is 19.0. The van der Waals surface area contributed by atoms with Gasteiger partial charge in [0.15, 0.2) is 5.82 Å². The van der Waals surface area contributed by atoms with Crippen LogP contribution in [0.2, 0.25) is 15.1 Å². The Morgan fingerprint density at radius 1 is 0.963 bits per heavy atom. The summed E-state index contributed by atoms with van der Waals surface area (Å²) in [7, 11) is 0. The minimum Gasteiger partial charge on any atom is -0.266 e. The number of thiazole rings is 1. The van der Waals surface area contributed by atoms with Crippen LogP contribution in [0.4, 0.5) is 0 Å². The maximum atomic E-state index is 12.6. The second kappa shape index (κ2) is 7.44. The molecule has 27 heavy (non-hydrogen) atoms. The molecule has 8 heteroatoms. The van der Waals surface area contributed by atoms with Crippen molar-refractivity contribution < 1.29 is 0 Å². The van der Waals surface area contributed by atoms with E-state index >= 15 is 0 Å². The van der Waals surface area contributed by atoms with Gasteiger partial charge in [0.2, 0.25) is 4.96 Å². The molecule has 2 heterocycles. The first kappa shape index (κ1) is 18.2. The van der Waals surface area contributed by atoms with Gasteiger partial charge in [-0.25, -0.2) is 0 Å². The molecule has 0 fully saturated rings. The van der Waals surface area contributed by atoms with Crippen molar-refractivity contribution in [2.24, 2.45) is 0 Å². The lowest BCUT2D eigenvalue weighted by atomic mass is 10.2. The smallest absolute Gasteiger partial charge is 0.266 e. The number of benzene rings is 2. The molecule has 4 rings (SSSR count). The van der Waals surface area contributed by atoms with Gasteiger partial charge in [0.1, 0.15) is 0 Å². The number of hydrogen-bond acceptors (Lipinski definition) is 4. The first-order valence-electron chi connectivity index (χ1n) is 7.80. The van der Waals surface area contributed by atoms with Gasteiger partial charge in [-0.1, -0.05) is 70.4 Å². The Balaban J connectivity index is 1.71. The fourth-order valence-electron chi connectivity index (χ4n) is 2.44. The summed E-state index contributed by atoms with van der Waals surface area (Å²) in [6.07, 6.45) is 5.27. The Bertz CT molecular complexity index is 1260. The average Bonchev–Trinajstić information content (AvgIpc) is 3.17. The standard InChI is InChI=1S/C19H10Cl3N3OS/c20-12-7-4-11(5-8-12)6-9-17-23-19-25(24-17)18(26)16(27-19)10-13-14(21)2-1-3-15(13)22/h1-10H. The number of halogens is 3. The van der Waals surface area contributed by atoms with Gasteiger partial charge >= 0.3 is 0 Å². The van der Waals surface area contributed by atoms with Crippen LogP contribution in [-0.2, 0) is 0 Å². The molecule has 2 aromatic heterocycles. The van der Waals surface area contributed by atoms with Gasteiger partial charge < -0.3 is 0 Å². The lowest BCUT2D eigenvalue weighted by molar-refractivity contribution is 0.925. The van der Waals surface area contributed by atoms with Crippen LogP contribution in [0.3, 0.4) is 0 Å². The third-order valence-electron chi connectivity index (χ3n) is 3.77. The second-order valence-electron chi connectivity index (χ2n) is 5.60. The van der Waals surface area contributed by atoms with Crippen molar-refractivity contribution in [3.8, 4) is 0 Å². The van der Waals surface area contributed by atoms with E-state index < -0.39 is 0 Å². The summed E-state index contributed by atoms with van der Waals surface area (Å²) in [5, 5.41) is 5.89. The Morgan fingerprint density at radius 2 is 1.67 bits per heavy atom. The van der Waals surface area contributed by atoms with Crippen LogP contribution in [-0.4, -0.2) is 14.6 Å². The summed E-state index contributed by atoms with van der Waals surface area (Å²) >= 11 is 19.4. The molecule has 0 saturated heterocycles. The van der Waals surface area contributed by atoms with Gasteiger partial charge in [0.25, 0.3) is 5.56 Å². The highest BCUT2D eigenvalue weighted by Gasteiger charge is 2.10. The number of rotatable bonds is 3. The van der Waals surface area contributed by atoms with Crippen molar-refractivity contribution >= 4 is 69.3 Å². The van der Waals surface area contributed by atoms with E-state index in [4.69, 9.17) is 34.8 Å². The number of hydrogen-bond donors (Lipinski definition) is 0. The maximum absolute atomic E-state index is 12.6. The normalized spacial score (nSPS) is 12.5. The largest absolute Gasteiger partial charge is 0.291 e. The molecule has 0 bridgehead atoms. The summed E-state index contributed by atoms with van der Waals surface area (Å²) in [6.45, 7) is 0. The van der Waals surface area contributed by atoms with Gasteiger partial charge in [-0.3, -0.25) is 4.79 Å². The minimum atomic E-state index is -0.260. The first-order valence-corrected chi connectivity index (χ1v) is 9.75. The van der Waals surface area contributed by atoms with Crippen molar-refractivity contribution in [1.82, 2.24) is 14.6 Å². The monoisotopic (exact) mass is 433 g/mol. The molecule has 4 aromatic rings. The van der Waals surface area contributed by atoms with Crippen molar-refractivity contribution in [3.63, 3.8) is 0 Å². The van der Waals surface area contributed by atoms with E-state index in [1.54, 1.807) is 42.5 Å². The SMILES string of the molecule is O=c1c(=Cc2c(Cl)cccc2Cl)sc2nc(C=Cc3ccc(Cl)cc3)nn12. The number of nitrogens with zero attached hydrogens (tertiary/aromatic N) is 3. The Hall–Kier alpha value is -2.18. The van der Waals surface area contributed by atoms with Gasteiger partial charge in [0, 0.05) is 20.6 Å². The van der Waals surface area contributed by atoms with E-state index in [0.29, 0.717) is 35.9 Å². The van der Waals surface area contributed by atoms with Crippen molar-refractivity contribution in [1.29, 1.82) is 0 Å². The Kier molecular flexibility index (Phi) is 5.02. The lowest BCUT2D eigenvalue weighted by Crippen LogP contribution is -2.23. The van der Waals surface area contributed by atoms with Crippen LogP contribution in [0.15, 0.2) is 47.3 Å². The average molecular weight is 435 g/mol. The third-order valence-corrected chi connectivity index (χ3v) is 5.64. The summed E-state index contributed by atoms with van der Waals surface area (Å²) in [5.41, 5.74) is 1.30. The van der Waals surface area contributed by atoms with Crippen LogP contribution in [0, 0.1) is 0 Å². The van der Waals surface area contributed by atoms with Crippen LogP contribution >= 0.6 is 46.1 Å². The van der Waals surface area contributed by atoms with E-state index in [9.17, 15) is 4.79 Å². The fraction of sp³-hybridized carbons (Fsp3) is 0. The van der Waals surface area contributed by atoms with Gasteiger partial charge in [-0.2, -0.15) is 9.50 Å². The van der Waals surface area contributed by atoms with Crippen molar-refractivity contribution in [2.45, 2.75) is 0 Å². The van der Waals surface area contributed by atoms with E-state index in [-0.39, 0.29) is 5.56 Å². The Morgan fingerprint density at radius 3 is 2.33 bits per heavy atom. The maximum Gasteiger partial charge on any atom is 0.291 e. The second-order valence-corrected chi connectivity index (χ2v) is 7.86. The predicted octanol–water partition coefficient (Wildman–Crippen LogP) is 4.83. The molecule has 0 aliphatic carbocycles. The highest BCUT2D eigenvalue weighted by atomic mass is 35.5. The minimum absolute atomic E-state index is 0.260. The third kappa shape index (κ3) is 3.77. The highest BCUT2D eigenvalue weighted by molar-refractivity contribution is 7.15. The lowest BCUT2D eigenvalue weighted by Gasteiger charge is -1.99. The fourth-order valence-corrected chi connectivity index (χ4v) is 3.97. The van der Waals surface area contributed by atoms with Gasteiger partial charge in [0.05, 0.1) is 4.53 Å². The molecular weight excluding hydrogens is 425 g/mol. The molecule has 2 aromatic carbocycles. The molecule has 0 unspecified atom stereocenters. The van der Waals surface area contributed by atoms with E-state index in [0.717, 1.165) is 5.56 Å². The van der Waals surface area contributed by atoms with Crippen molar-refractivity contribution in [2.75, 3.05) is 0 Å². The predicted molar refractivity (Wildman–Crippen MR) is 113 cm³/mol. The Labute approximate surface area is 172 Å². The molecule has 4 nitrogen and oxygen atoms in total. The van der Waals surface area contributed by atoms with Crippen LogP contribution in [0.5, 0.6) is 0 Å². The molecule has 0 N–H and O–H groups in total. The molecular formula is C19H10Cl3N3OS. The molecule has 0 radical (unpaired) electrons. The molecule has 0 amide bonds. The molecule has 0 aliphatic heterocycles.